The summed E-state index contributed by atoms with van der Waals surface area (Å²) in [5.74, 6) is 0. The summed E-state index contributed by atoms with van der Waals surface area (Å²) >= 11 is 0. The van der Waals surface area contributed by atoms with Gasteiger partial charge in [-0.05, 0) is 26.2 Å². The monoisotopic (exact) mass is 437 g/mol. The van der Waals surface area contributed by atoms with Gasteiger partial charge < -0.3 is 53.7 Å². The Labute approximate surface area is 146 Å². The van der Waals surface area contributed by atoms with Crippen LogP contribution in [0.2, 0.25) is 26.2 Å². The van der Waals surface area contributed by atoms with E-state index in [0.717, 1.165) is 27.3 Å². The maximum atomic E-state index is 12.3. The third-order valence-electron chi connectivity index (χ3n) is 2.41. The number of rotatable bonds is 11. The van der Waals surface area contributed by atoms with Gasteiger partial charge in [0.2, 0.25) is 17.6 Å². The highest BCUT2D eigenvalue weighted by Gasteiger charge is 2.38. The molecular formula is C7H21O12Si5-5. The lowest BCUT2D eigenvalue weighted by Crippen LogP contribution is -2.81. The quantitative estimate of drug-likeness (QED) is 0.280. The summed E-state index contributed by atoms with van der Waals surface area (Å²) in [5.41, 5.74) is 0. The van der Waals surface area contributed by atoms with E-state index in [0.29, 0.717) is 0 Å². The maximum absolute atomic E-state index is 12.3. The summed E-state index contributed by atoms with van der Waals surface area (Å²) in [6, 6.07) is 0. The first-order chi connectivity index (χ1) is 10.5. The Bertz CT molecular complexity index is 405. The molecule has 0 bridgehead atoms. The topological polar surface area (TPSA) is 180 Å². The zero-order chi connectivity index (χ0) is 19.4. The van der Waals surface area contributed by atoms with Gasteiger partial charge in [0.25, 0.3) is 0 Å². The Balaban J connectivity index is 5.10. The van der Waals surface area contributed by atoms with Gasteiger partial charge in [-0.2, -0.15) is 0 Å². The molecule has 0 spiro atoms. The summed E-state index contributed by atoms with van der Waals surface area (Å²) in [4.78, 5) is 59.7. The highest BCUT2D eigenvalue weighted by molar-refractivity contribution is 6.79. The second-order valence-corrected chi connectivity index (χ2v) is 17.9. The minimum absolute atomic E-state index is 0.756. The smallest absolute Gasteiger partial charge is 0.392 e. The summed E-state index contributed by atoms with van der Waals surface area (Å²) in [6.45, 7) is 4.65. The molecule has 0 fully saturated rings. The van der Waals surface area contributed by atoms with E-state index in [1.165, 1.54) is 20.2 Å². The molecule has 0 radical (unpaired) electrons. The fourth-order valence-corrected chi connectivity index (χ4v) is 12.3. The third-order valence-corrected chi connectivity index (χ3v) is 15.1. The number of hydrogen-bond donors (Lipinski definition) is 0. The van der Waals surface area contributed by atoms with Gasteiger partial charge in [0.15, 0.2) is 0 Å². The van der Waals surface area contributed by atoms with Crippen molar-refractivity contribution >= 4 is 44.3 Å². The number of hydrogen-bond acceptors (Lipinski definition) is 12. The van der Waals surface area contributed by atoms with E-state index in [1.807, 2.05) is 0 Å². The normalized spacial score (nSPS) is 21.0. The summed E-state index contributed by atoms with van der Waals surface area (Å²) in [6.07, 6.45) is 0. The molecule has 0 aromatic carbocycles. The molecule has 146 valence electrons. The van der Waals surface area contributed by atoms with Crippen LogP contribution < -0.4 is 24.0 Å². The zero-order valence-electron chi connectivity index (χ0n) is 14.4. The van der Waals surface area contributed by atoms with Crippen LogP contribution in [0.15, 0.2) is 0 Å². The van der Waals surface area contributed by atoms with E-state index >= 15 is 0 Å². The highest BCUT2D eigenvalue weighted by Crippen LogP contribution is 2.16. The molecule has 0 aromatic heterocycles. The van der Waals surface area contributed by atoms with E-state index in [1.54, 1.807) is 0 Å². The van der Waals surface area contributed by atoms with Gasteiger partial charge in [-0.25, -0.2) is 0 Å². The van der Waals surface area contributed by atoms with Crippen molar-refractivity contribution in [1.29, 1.82) is 0 Å². The molecular weight excluding hydrogens is 416 g/mol. The molecule has 3 atom stereocenters. The Kier molecular flexibility index (Phi) is 8.74. The standard InChI is InChI=1S/C7H21O12Si5/c1-13-20(4,5)16-24(12,15-3)19-23(10,11)18-22(7,9)17-21(6,8)14-2/h1-7H3/q-5. The Morgan fingerprint density at radius 1 is 0.542 bits per heavy atom. The fourth-order valence-electron chi connectivity index (χ4n) is 1.25. The van der Waals surface area contributed by atoms with Crippen molar-refractivity contribution in [3.05, 3.63) is 0 Å². The molecule has 0 aromatic rings. The minimum Gasteiger partial charge on any atom is -0.829 e. The van der Waals surface area contributed by atoms with Crippen LogP contribution in [-0.4, -0.2) is 65.6 Å². The van der Waals surface area contributed by atoms with Crippen LogP contribution in [0.5, 0.6) is 0 Å². The van der Waals surface area contributed by atoms with Crippen molar-refractivity contribution in [1.82, 2.24) is 0 Å². The summed E-state index contributed by atoms with van der Waals surface area (Å²) in [7, 11) is -19.4. The lowest BCUT2D eigenvalue weighted by atomic mass is 11.8. The largest absolute Gasteiger partial charge is 0.829 e. The predicted octanol–water partition coefficient (Wildman–Crippen LogP) is -5.50. The molecule has 0 amide bonds. The Hall–Kier alpha value is 0.604. The fraction of sp³-hybridized carbons (Fsp3) is 1.00. The predicted molar refractivity (Wildman–Crippen MR) is 77.6 cm³/mol. The van der Waals surface area contributed by atoms with Gasteiger partial charge in [0.05, 0.1) is 0 Å². The molecule has 17 heteroatoms. The molecule has 0 saturated heterocycles. The molecule has 0 aliphatic rings. The first-order valence-electron chi connectivity index (χ1n) is 6.49. The van der Waals surface area contributed by atoms with E-state index in [9.17, 15) is 24.0 Å². The first kappa shape index (κ1) is 24.6. The third kappa shape index (κ3) is 9.34. The second kappa shape index (κ2) is 8.53. The van der Waals surface area contributed by atoms with Crippen molar-refractivity contribution in [2.45, 2.75) is 26.2 Å². The molecule has 0 aliphatic heterocycles. The molecule has 12 nitrogen and oxygen atoms in total. The van der Waals surface area contributed by atoms with Crippen LogP contribution in [-0.2, 0) is 29.7 Å². The van der Waals surface area contributed by atoms with E-state index in [2.05, 4.69) is 21.2 Å². The van der Waals surface area contributed by atoms with Crippen molar-refractivity contribution in [2.24, 2.45) is 0 Å². The molecule has 24 heavy (non-hydrogen) atoms. The molecule has 0 N–H and O–H groups in total. The zero-order valence-corrected chi connectivity index (χ0v) is 19.4. The molecule has 3 unspecified atom stereocenters. The van der Waals surface area contributed by atoms with Gasteiger partial charge in [0, 0.05) is 21.3 Å². The van der Waals surface area contributed by atoms with Crippen LogP contribution in [0.3, 0.4) is 0 Å². The lowest BCUT2D eigenvalue weighted by molar-refractivity contribution is -0.445. The maximum Gasteiger partial charge on any atom is 0.392 e. The average Bonchev–Trinajstić information content (AvgIpc) is 2.34. The molecule has 0 heterocycles. The Morgan fingerprint density at radius 2 is 1.04 bits per heavy atom. The molecule has 0 aliphatic carbocycles. The Morgan fingerprint density at radius 3 is 1.42 bits per heavy atom. The minimum atomic E-state index is -5.80. The van der Waals surface area contributed by atoms with Crippen LogP contribution in [0.4, 0.5) is 0 Å². The highest BCUT2D eigenvalue weighted by atomic mass is 28.5. The van der Waals surface area contributed by atoms with Crippen molar-refractivity contribution in [3.63, 3.8) is 0 Å². The second-order valence-electron chi connectivity index (χ2n) is 5.15. The van der Waals surface area contributed by atoms with Crippen LogP contribution in [0, 0.1) is 0 Å². The first-order valence-corrected chi connectivity index (χ1v) is 17.0. The van der Waals surface area contributed by atoms with Crippen LogP contribution in [0.25, 0.3) is 0 Å². The van der Waals surface area contributed by atoms with Crippen molar-refractivity contribution in [3.8, 4) is 0 Å². The van der Waals surface area contributed by atoms with E-state index < -0.39 is 44.3 Å². The summed E-state index contributed by atoms with van der Waals surface area (Å²) < 4.78 is 32.1. The van der Waals surface area contributed by atoms with Gasteiger partial charge in [-0.15, -0.1) is 0 Å². The summed E-state index contributed by atoms with van der Waals surface area (Å²) in [5, 5.41) is 0. The average molecular weight is 438 g/mol. The van der Waals surface area contributed by atoms with Gasteiger partial charge in [-0.3, -0.25) is 0 Å². The van der Waals surface area contributed by atoms with Gasteiger partial charge in [-0.1, -0.05) is 0 Å². The van der Waals surface area contributed by atoms with E-state index in [-0.39, 0.29) is 0 Å². The lowest BCUT2D eigenvalue weighted by Gasteiger charge is -2.58. The molecule has 0 rings (SSSR count). The molecule has 0 saturated carbocycles. The van der Waals surface area contributed by atoms with Crippen molar-refractivity contribution < 1.29 is 53.7 Å². The van der Waals surface area contributed by atoms with Crippen molar-refractivity contribution in [2.75, 3.05) is 21.3 Å². The van der Waals surface area contributed by atoms with Crippen LogP contribution in [0.1, 0.15) is 0 Å². The van der Waals surface area contributed by atoms with Gasteiger partial charge >= 0.3 is 17.6 Å². The SMILES string of the molecule is CO[Si](C)(C)O[Si]([O-])(OC)O[Si]([O-])([O-])O[Si](C)([O-])O[Si](C)([O-])OC. The van der Waals surface area contributed by atoms with Gasteiger partial charge in [0.1, 0.15) is 9.05 Å². The van der Waals surface area contributed by atoms with Crippen LogP contribution >= 0.6 is 0 Å². The van der Waals surface area contributed by atoms with E-state index in [4.69, 9.17) is 8.54 Å².